The number of hydrogen-bond acceptors (Lipinski definition) is 14. The second kappa shape index (κ2) is 19.3. The third kappa shape index (κ3) is 9.30. The monoisotopic (exact) mass is 871 g/mol. The van der Waals surface area contributed by atoms with Crippen molar-refractivity contribution in [3.05, 3.63) is 106 Å². The molecule has 63 heavy (non-hydrogen) atoms. The van der Waals surface area contributed by atoms with Crippen LogP contribution in [0.3, 0.4) is 0 Å². The van der Waals surface area contributed by atoms with Crippen molar-refractivity contribution in [1.82, 2.24) is 15.5 Å². The highest BCUT2D eigenvalue weighted by molar-refractivity contribution is 6.32. The van der Waals surface area contributed by atoms with Crippen LogP contribution in [0.2, 0.25) is 0 Å². The molecule has 2 amide bonds. The number of amides is 2. The average Bonchev–Trinajstić information content (AvgIpc) is 3.54. The van der Waals surface area contributed by atoms with Gasteiger partial charge in [0.05, 0.1) is 54.5 Å². The van der Waals surface area contributed by atoms with Crippen molar-refractivity contribution in [1.29, 1.82) is 0 Å². The number of nitrogens with one attached hydrogen (secondary N) is 2. The Labute approximate surface area is 366 Å². The van der Waals surface area contributed by atoms with Crippen LogP contribution in [0.5, 0.6) is 11.5 Å². The number of phenols is 1. The second-order valence-electron chi connectivity index (χ2n) is 16.7. The Morgan fingerprint density at radius 1 is 0.921 bits per heavy atom. The number of aromatic hydroxyl groups is 1. The molecular formula is C47H57N3O13. The number of aliphatic hydroxyl groups is 2. The quantitative estimate of drug-likeness (QED) is 0.276. The van der Waals surface area contributed by atoms with Crippen molar-refractivity contribution >= 4 is 29.4 Å². The van der Waals surface area contributed by atoms with Gasteiger partial charge in [0, 0.05) is 68.5 Å². The van der Waals surface area contributed by atoms with Gasteiger partial charge in [-0.2, -0.15) is 0 Å². The molecular weight excluding hydrogens is 815 g/mol. The maximum Gasteiger partial charge on any atom is 0.407 e. The summed E-state index contributed by atoms with van der Waals surface area (Å²) in [5.41, 5.74) is -0.683. The number of ketones is 3. The fourth-order valence-electron chi connectivity index (χ4n) is 8.51. The van der Waals surface area contributed by atoms with Crippen molar-refractivity contribution in [2.24, 2.45) is 23.7 Å². The van der Waals surface area contributed by atoms with E-state index >= 15 is 0 Å². The van der Waals surface area contributed by atoms with E-state index < -0.39 is 94.5 Å². The molecule has 5 N–H and O–H groups in total. The number of methoxy groups -OCH3 is 1. The van der Waals surface area contributed by atoms with Gasteiger partial charge < -0.3 is 54.5 Å². The van der Waals surface area contributed by atoms with E-state index in [4.69, 9.17) is 23.7 Å². The minimum atomic E-state index is -2.10. The van der Waals surface area contributed by atoms with Crippen LogP contribution in [-0.4, -0.2) is 113 Å². The molecule has 0 radical (unpaired) electrons. The maximum atomic E-state index is 14.8. The third-order valence-electron chi connectivity index (χ3n) is 12.5. The second-order valence-corrected chi connectivity index (χ2v) is 16.7. The van der Waals surface area contributed by atoms with Gasteiger partial charge in [-0.15, -0.1) is 0 Å². The molecule has 5 bridgehead atoms. The van der Waals surface area contributed by atoms with Crippen molar-refractivity contribution in [2.45, 2.75) is 85.2 Å². The van der Waals surface area contributed by atoms with Crippen LogP contribution in [0, 0.1) is 30.6 Å². The number of carbonyl (C=O) groups excluding carboxylic acids is 5. The number of aliphatic hydroxyl groups excluding tert-OH is 2. The van der Waals surface area contributed by atoms with E-state index in [1.54, 1.807) is 44.7 Å². The van der Waals surface area contributed by atoms with Gasteiger partial charge in [-0.05, 0) is 25.5 Å². The lowest BCUT2D eigenvalue weighted by Gasteiger charge is -2.38. The molecule has 0 unspecified atom stereocenters. The molecule has 7 rings (SSSR count). The van der Waals surface area contributed by atoms with Crippen LogP contribution < -0.4 is 15.4 Å². The van der Waals surface area contributed by atoms with Crippen LogP contribution in [0.1, 0.15) is 83.7 Å². The predicted molar refractivity (Wildman–Crippen MR) is 229 cm³/mol. The first-order valence-electron chi connectivity index (χ1n) is 21.1. The number of fused-ring (bicyclic) bond motifs is 14. The highest BCUT2D eigenvalue weighted by atomic mass is 16.7. The molecule has 2 aromatic carbocycles. The highest BCUT2D eigenvalue weighted by Gasteiger charge is 2.53. The summed E-state index contributed by atoms with van der Waals surface area (Å²) in [6, 6.07) is 9.24. The van der Waals surface area contributed by atoms with E-state index in [1.807, 2.05) is 30.3 Å². The fourth-order valence-corrected chi connectivity index (χ4v) is 8.51. The molecule has 9 atom stereocenters. The number of alkyl carbamates (subject to hydrolysis) is 1. The number of rotatable bonds is 5. The minimum Gasteiger partial charge on any atom is -0.507 e. The summed E-state index contributed by atoms with van der Waals surface area (Å²) >= 11 is 0. The normalized spacial score (nSPS) is 31.3. The lowest BCUT2D eigenvalue weighted by molar-refractivity contribution is -0.116. The Morgan fingerprint density at radius 2 is 1.60 bits per heavy atom. The Bertz CT molecular complexity index is 2240. The molecule has 4 aliphatic heterocycles. The van der Waals surface area contributed by atoms with Crippen molar-refractivity contribution in [3.8, 4) is 11.5 Å². The topological polar surface area (TPSA) is 219 Å². The first kappa shape index (κ1) is 46.7. The van der Waals surface area contributed by atoms with Gasteiger partial charge >= 0.3 is 11.9 Å². The number of nitrogens with zero attached hydrogens (tertiary/aromatic N) is 1. The Morgan fingerprint density at radius 3 is 2.27 bits per heavy atom. The van der Waals surface area contributed by atoms with Crippen molar-refractivity contribution in [3.63, 3.8) is 0 Å². The summed E-state index contributed by atoms with van der Waals surface area (Å²) in [7, 11) is 1.43. The molecule has 2 aromatic rings. The molecule has 0 spiro atoms. The molecule has 1 fully saturated rings. The van der Waals surface area contributed by atoms with Gasteiger partial charge in [0.15, 0.2) is 0 Å². The van der Waals surface area contributed by atoms with E-state index in [-0.39, 0.29) is 72.3 Å². The summed E-state index contributed by atoms with van der Waals surface area (Å²) < 4.78 is 29.5. The Kier molecular flexibility index (Phi) is 14.3. The largest absolute Gasteiger partial charge is 0.507 e. The zero-order chi connectivity index (χ0) is 45.9. The SMILES string of the molecule is CO[C@H]1/C=C/O[C@@]2(C)Oc3c(C)c(O)c4c(c3C2=O)C(=O)C(N2CCOCC2)=C(NC(=O)/C(C)=C\C=C\[C@@H](C)[C@@H](O)[C@@H](C)[C@@H](O)[C@@H](C)[C@@H](OC(=O)NCc2ccccc2)[C@@H]1C)C4=O. The number of Topliss-reactive ketones (excluding diaryl/α,β-unsaturated/α-hetero) is 3. The minimum absolute atomic E-state index is 0.00575. The predicted octanol–water partition coefficient (Wildman–Crippen LogP) is 4.65. The molecule has 5 aliphatic rings. The smallest absolute Gasteiger partial charge is 0.407 e. The summed E-state index contributed by atoms with van der Waals surface area (Å²) in [5.74, 6) is -8.80. The van der Waals surface area contributed by atoms with E-state index in [0.29, 0.717) is 0 Å². The zero-order valence-electron chi connectivity index (χ0n) is 36.8. The summed E-state index contributed by atoms with van der Waals surface area (Å²) in [4.78, 5) is 72.5. The molecule has 16 nitrogen and oxygen atoms in total. The number of ether oxygens (including phenoxy) is 5. The first-order chi connectivity index (χ1) is 29.9. The number of morpholine rings is 1. The third-order valence-corrected chi connectivity index (χ3v) is 12.5. The number of benzene rings is 2. The van der Waals surface area contributed by atoms with Gasteiger partial charge in [0.2, 0.25) is 11.6 Å². The molecule has 0 aromatic heterocycles. The zero-order valence-corrected chi connectivity index (χ0v) is 36.8. The molecule has 16 heteroatoms. The van der Waals surface area contributed by atoms with E-state index in [2.05, 4.69) is 10.6 Å². The van der Waals surface area contributed by atoms with Crippen molar-refractivity contribution < 1.29 is 63.0 Å². The Balaban J connectivity index is 1.43. The average molecular weight is 872 g/mol. The van der Waals surface area contributed by atoms with E-state index in [0.717, 1.165) is 5.56 Å². The van der Waals surface area contributed by atoms with Crippen LogP contribution in [0.4, 0.5) is 4.79 Å². The number of hydrogen-bond donors (Lipinski definition) is 5. The molecule has 0 saturated carbocycles. The number of carbonyl (C=O) groups is 5. The summed E-state index contributed by atoms with van der Waals surface area (Å²) in [5, 5.41) is 40.2. The molecule has 338 valence electrons. The number of allylic oxidation sites excluding steroid dienone is 4. The standard InChI is InChI=1S/C47H57N3O13/c1-24-13-12-14-25(2)45(57)49-35-36(50-18-21-60-22-19-50)41(55)32-33(40(35)54)39(53)29(6)43-34(32)44(56)47(7,63-43)61-20-17-31(59-8)26(3)42(28(5)38(52)27(4)37(24)51)62-46(58)48-23-30-15-10-9-11-16-30/h9-17,20,24,26-28,31,37-38,42,51-53H,18-19,21-23H2,1-8H3,(H,48,58)(H,49,57)/b13-12+,20-17+,25-14-/t24-,26-,27-,28-,31+,37-,38-,42+,47+/m1/s1. The van der Waals surface area contributed by atoms with E-state index in [9.17, 15) is 39.3 Å². The molecule has 1 aliphatic carbocycles. The lowest BCUT2D eigenvalue weighted by atomic mass is 9.78. The van der Waals surface area contributed by atoms with Gasteiger partial charge in [-0.3, -0.25) is 19.2 Å². The lowest BCUT2D eigenvalue weighted by Crippen LogP contribution is -2.47. The summed E-state index contributed by atoms with van der Waals surface area (Å²) in [6.07, 6.45) is 2.44. The van der Waals surface area contributed by atoms with Crippen LogP contribution in [0.25, 0.3) is 0 Å². The summed E-state index contributed by atoms with van der Waals surface area (Å²) in [6.45, 7) is 12.1. The van der Waals surface area contributed by atoms with Gasteiger partial charge in [-0.25, -0.2) is 4.79 Å². The van der Waals surface area contributed by atoms with Gasteiger partial charge in [-0.1, -0.05) is 76.3 Å². The molecule has 4 heterocycles. The highest BCUT2D eigenvalue weighted by Crippen LogP contribution is 2.49. The van der Waals surface area contributed by atoms with Crippen LogP contribution >= 0.6 is 0 Å². The van der Waals surface area contributed by atoms with Crippen LogP contribution in [0.15, 0.2) is 77.9 Å². The molecule has 1 saturated heterocycles. The number of phenolic OH excluding ortho intramolecular Hbond substituents is 1. The fraction of sp³-hybridized carbons (Fsp3) is 0.468. The first-order valence-corrected chi connectivity index (χ1v) is 21.1. The van der Waals surface area contributed by atoms with Gasteiger partial charge in [0.25, 0.3) is 11.7 Å². The van der Waals surface area contributed by atoms with E-state index in [1.165, 1.54) is 46.3 Å². The Hall–Kier alpha value is -5.81. The van der Waals surface area contributed by atoms with Gasteiger partial charge in [0.1, 0.15) is 29.0 Å². The maximum absolute atomic E-state index is 14.8. The van der Waals surface area contributed by atoms with Crippen molar-refractivity contribution in [2.75, 3.05) is 33.4 Å². The van der Waals surface area contributed by atoms with Crippen LogP contribution in [-0.2, 0) is 30.3 Å².